The molecule has 0 saturated heterocycles. The molecular weight excluding hydrogens is 236 g/mol. The predicted octanol–water partition coefficient (Wildman–Crippen LogP) is 2.09. The van der Waals surface area contributed by atoms with Gasteiger partial charge in [-0.2, -0.15) is 0 Å². The molecule has 1 N–H and O–H groups in total. The monoisotopic (exact) mass is 244 g/mol. The minimum atomic E-state index is -1.01. The lowest BCUT2D eigenvalue weighted by Gasteiger charge is -2.11. The molecule has 1 amide bonds. The fourth-order valence-corrected chi connectivity index (χ4v) is 1.14. The molecule has 0 aliphatic rings. The van der Waals surface area contributed by atoms with Crippen molar-refractivity contribution in [3.05, 3.63) is 23.9 Å². The van der Waals surface area contributed by atoms with Crippen molar-refractivity contribution in [3.8, 4) is 0 Å². The van der Waals surface area contributed by atoms with Crippen LogP contribution in [0.4, 0.5) is 10.6 Å². The highest BCUT2D eigenvalue weighted by molar-refractivity contribution is 9.08. The summed E-state index contributed by atoms with van der Waals surface area (Å²) in [6, 6.07) is 5.26. The van der Waals surface area contributed by atoms with Crippen molar-refractivity contribution >= 4 is 27.8 Å². The summed E-state index contributed by atoms with van der Waals surface area (Å²) in [5.74, 6) is 0.435. The predicted molar refractivity (Wildman–Crippen MR) is 53.3 cm³/mol. The summed E-state index contributed by atoms with van der Waals surface area (Å²) in [7, 11) is 1.46. The Labute approximate surface area is 84.3 Å². The van der Waals surface area contributed by atoms with Gasteiger partial charge in [0.15, 0.2) is 0 Å². The van der Waals surface area contributed by atoms with Crippen molar-refractivity contribution in [2.75, 3.05) is 11.9 Å². The van der Waals surface area contributed by atoms with Crippen LogP contribution in [-0.2, 0) is 5.33 Å². The van der Waals surface area contributed by atoms with Crippen molar-refractivity contribution in [1.29, 1.82) is 0 Å². The first-order valence-corrected chi connectivity index (χ1v) is 4.76. The zero-order valence-electron chi connectivity index (χ0n) is 7.07. The largest absolute Gasteiger partial charge is 0.465 e. The molecule has 4 nitrogen and oxygen atoms in total. The van der Waals surface area contributed by atoms with Crippen LogP contribution in [0, 0.1) is 0 Å². The number of amides is 1. The van der Waals surface area contributed by atoms with Gasteiger partial charge in [0.2, 0.25) is 0 Å². The second kappa shape index (κ2) is 4.23. The second-order valence-corrected chi connectivity index (χ2v) is 3.02. The van der Waals surface area contributed by atoms with Gasteiger partial charge < -0.3 is 5.11 Å². The first kappa shape index (κ1) is 9.98. The molecule has 0 unspecified atom stereocenters. The van der Waals surface area contributed by atoms with Crippen LogP contribution in [0.2, 0.25) is 0 Å². The number of hydrogen-bond acceptors (Lipinski definition) is 2. The average Bonchev–Trinajstić information content (AvgIpc) is 2.16. The Morgan fingerprint density at radius 1 is 1.69 bits per heavy atom. The van der Waals surface area contributed by atoms with Crippen LogP contribution in [-0.4, -0.2) is 23.2 Å². The standard InChI is InChI=1S/C8H9BrN2O2/c1-11(8(12)13)7-4-2-3-6(5-9)10-7/h2-4H,5H2,1H3,(H,12,13). The average molecular weight is 245 g/mol. The van der Waals surface area contributed by atoms with Crippen molar-refractivity contribution in [3.63, 3.8) is 0 Å². The van der Waals surface area contributed by atoms with Crippen LogP contribution in [0.15, 0.2) is 18.2 Å². The quantitative estimate of drug-likeness (QED) is 0.811. The summed E-state index contributed by atoms with van der Waals surface area (Å²) in [5.41, 5.74) is 0.811. The fraction of sp³-hybridized carbons (Fsp3) is 0.250. The Balaban J connectivity index is 2.94. The third-order valence-electron chi connectivity index (χ3n) is 1.56. The van der Waals surface area contributed by atoms with Crippen LogP contribution in [0.5, 0.6) is 0 Å². The second-order valence-electron chi connectivity index (χ2n) is 2.46. The van der Waals surface area contributed by atoms with E-state index in [0.29, 0.717) is 11.1 Å². The molecule has 0 aliphatic carbocycles. The van der Waals surface area contributed by atoms with Crippen LogP contribution in [0.25, 0.3) is 0 Å². The Morgan fingerprint density at radius 3 is 2.92 bits per heavy atom. The van der Waals surface area contributed by atoms with Crippen LogP contribution in [0.3, 0.4) is 0 Å². The van der Waals surface area contributed by atoms with E-state index in [1.54, 1.807) is 12.1 Å². The van der Waals surface area contributed by atoms with Gasteiger partial charge in [-0.15, -0.1) is 0 Å². The third-order valence-corrected chi connectivity index (χ3v) is 2.13. The summed E-state index contributed by atoms with van der Waals surface area (Å²) in [6.45, 7) is 0. The third kappa shape index (κ3) is 2.42. The molecule has 1 aromatic rings. The van der Waals surface area contributed by atoms with Gasteiger partial charge in [0.25, 0.3) is 0 Å². The molecule has 13 heavy (non-hydrogen) atoms. The Kier molecular flexibility index (Phi) is 3.25. The zero-order chi connectivity index (χ0) is 9.84. The van der Waals surface area contributed by atoms with E-state index in [1.807, 2.05) is 6.07 Å². The molecule has 1 aromatic heterocycles. The summed E-state index contributed by atoms with van der Waals surface area (Å²) >= 11 is 3.25. The fourth-order valence-electron chi connectivity index (χ4n) is 0.826. The number of aromatic nitrogens is 1. The molecule has 0 atom stereocenters. The highest BCUT2D eigenvalue weighted by Gasteiger charge is 2.09. The van der Waals surface area contributed by atoms with Crippen LogP contribution in [0.1, 0.15) is 5.69 Å². The van der Waals surface area contributed by atoms with Gasteiger partial charge in [-0.1, -0.05) is 22.0 Å². The molecule has 1 rings (SSSR count). The first-order chi connectivity index (χ1) is 6.15. The summed E-state index contributed by atoms with van der Waals surface area (Å²) in [6.07, 6.45) is -1.01. The number of rotatable bonds is 2. The van der Waals surface area contributed by atoms with Gasteiger partial charge in [0.05, 0.1) is 5.69 Å². The van der Waals surface area contributed by atoms with Gasteiger partial charge in [0, 0.05) is 12.4 Å². The van der Waals surface area contributed by atoms with Crippen molar-refractivity contribution in [2.45, 2.75) is 5.33 Å². The smallest absolute Gasteiger partial charge is 0.412 e. The van der Waals surface area contributed by atoms with Gasteiger partial charge in [-0.25, -0.2) is 9.78 Å². The van der Waals surface area contributed by atoms with E-state index in [1.165, 1.54) is 7.05 Å². The van der Waals surface area contributed by atoms with E-state index >= 15 is 0 Å². The number of carboxylic acid groups (broad SMARTS) is 1. The molecule has 0 fully saturated rings. The zero-order valence-corrected chi connectivity index (χ0v) is 8.65. The number of carbonyl (C=O) groups is 1. The van der Waals surface area contributed by atoms with Gasteiger partial charge in [-0.05, 0) is 12.1 Å². The maximum Gasteiger partial charge on any atom is 0.412 e. The number of nitrogens with zero attached hydrogens (tertiary/aromatic N) is 2. The molecule has 1 heterocycles. The number of anilines is 1. The van der Waals surface area contributed by atoms with E-state index in [4.69, 9.17) is 5.11 Å². The van der Waals surface area contributed by atoms with E-state index < -0.39 is 6.09 Å². The summed E-state index contributed by atoms with van der Waals surface area (Å²) < 4.78 is 0. The molecule has 0 saturated carbocycles. The number of pyridine rings is 1. The summed E-state index contributed by atoms with van der Waals surface area (Å²) in [4.78, 5) is 15.8. The lowest BCUT2D eigenvalue weighted by atomic mass is 10.3. The van der Waals surface area contributed by atoms with E-state index in [2.05, 4.69) is 20.9 Å². The van der Waals surface area contributed by atoms with Crippen LogP contribution >= 0.6 is 15.9 Å². The van der Waals surface area contributed by atoms with Crippen molar-refractivity contribution in [1.82, 2.24) is 4.98 Å². The number of alkyl halides is 1. The highest BCUT2D eigenvalue weighted by atomic mass is 79.9. The summed E-state index contributed by atoms with van der Waals surface area (Å²) in [5, 5.41) is 9.29. The Bertz CT molecular complexity index is 317. The molecular formula is C8H9BrN2O2. The minimum Gasteiger partial charge on any atom is -0.465 e. The first-order valence-electron chi connectivity index (χ1n) is 3.63. The number of halogens is 1. The van der Waals surface area contributed by atoms with E-state index in [0.717, 1.165) is 10.6 Å². The molecule has 0 aromatic carbocycles. The lowest BCUT2D eigenvalue weighted by Crippen LogP contribution is -2.24. The van der Waals surface area contributed by atoms with E-state index in [-0.39, 0.29) is 0 Å². The van der Waals surface area contributed by atoms with Gasteiger partial charge in [-0.3, -0.25) is 4.90 Å². The number of hydrogen-bond donors (Lipinski definition) is 1. The highest BCUT2D eigenvalue weighted by Crippen LogP contribution is 2.11. The Hall–Kier alpha value is -1.10. The molecule has 0 spiro atoms. The van der Waals surface area contributed by atoms with Crippen molar-refractivity contribution in [2.24, 2.45) is 0 Å². The molecule has 70 valence electrons. The lowest BCUT2D eigenvalue weighted by molar-refractivity contribution is 0.203. The molecule has 0 radical (unpaired) electrons. The molecule has 5 heteroatoms. The van der Waals surface area contributed by atoms with E-state index in [9.17, 15) is 4.79 Å². The minimum absolute atomic E-state index is 0.435. The maximum absolute atomic E-state index is 10.6. The van der Waals surface area contributed by atoms with Crippen LogP contribution < -0.4 is 4.90 Å². The van der Waals surface area contributed by atoms with Crippen molar-refractivity contribution < 1.29 is 9.90 Å². The SMILES string of the molecule is CN(C(=O)O)c1cccc(CBr)n1. The molecule has 0 aliphatic heterocycles. The van der Waals surface area contributed by atoms with Gasteiger partial charge in [0.1, 0.15) is 5.82 Å². The molecule has 0 bridgehead atoms. The maximum atomic E-state index is 10.6. The van der Waals surface area contributed by atoms with Gasteiger partial charge >= 0.3 is 6.09 Å². The Morgan fingerprint density at radius 2 is 2.38 bits per heavy atom. The topological polar surface area (TPSA) is 53.4 Å². The normalized spacial score (nSPS) is 9.69.